The number of hydrogen-bond donors (Lipinski definition) is 0. The molecule has 0 fully saturated rings. The highest BCUT2D eigenvalue weighted by atomic mass is 19.4. The van der Waals surface area contributed by atoms with Gasteiger partial charge in [0.25, 0.3) is 0 Å². The number of nitrogens with zero attached hydrogens (tertiary/aromatic N) is 3. The number of alkyl halides is 3. The molecule has 0 unspecified atom stereocenters. The highest BCUT2D eigenvalue weighted by molar-refractivity contribution is 6.12. The van der Waals surface area contributed by atoms with Crippen molar-refractivity contribution in [1.29, 1.82) is 5.26 Å². The average molecular weight is 758 g/mol. The first-order chi connectivity index (χ1) is 28.2. The van der Waals surface area contributed by atoms with Crippen LogP contribution in [0, 0.1) is 25.2 Å². The molecule has 0 aliphatic carbocycles. The molecular formula is C52H34F3N3. The van der Waals surface area contributed by atoms with Crippen molar-refractivity contribution in [3.05, 3.63) is 192 Å². The van der Waals surface area contributed by atoms with Crippen molar-refractivity contribution in [2.45, 2.75) is 20.0 Å². The Kier molecular flexibility index (Phi) is 8.10. The summed E-state index contributed by atoms with van der Waals surface area (Å²) < 4.78 is 51.7. The maximum Gasteiger partial charge on any atom is 0.418 e. The number of nitriles is 1. The number of halogens is 3. The summed E-state index contributed by atoms with van der Waals surface area (Å²) >= 11 is 0. The lowest BCUT2D eigenvalue weighted by Gasteiger charge is -2.22. The van der Waals surface area contributed by atoms with Gasteiger partial charge in [0, 0.05) is 27.1 Å². The van der Waals surface area contributed by atoms with Crippen molar-refractivity contribution < 1.29 is 13.2 Å². The molecule has 6 heteroatoms. The third-order valence-corrected chi connectivity index (χ3v) is 11.5. The molecule has 0 aliphatic rings. The molecule has 0 aliphatic heterocycles. The van der Waals surface area contributed by atoms with Crippen molar-refractivity contribution >= 4 is 43.6 Å². The molecule has 0 atom stereocenters. The lowest BCUT2D eigenvalue weighted by atomic mass is 9.97. The van der Waals surface area contributed by atoms with Crippen LogP contribution in [0.1, 0.15) is 22.3 Å². The summed E-state index contributed by atoms with van der Waals surface area (Å²) in [7, 11) is 0. The van der Waals surface area contributed by atoms with Crippen LogP contribution in [0.4, 0.5) is 13.2 Å². The van der Waals surface area contributed by atoms with Gasteiger partial charge in [0.15, 0.2) is 0 Å². The van der Waals surface area contributed by atoms with Gasteiger partial charge in [-0.1, -0.05) is 121 Å². The summed E-state index contributed by atoms with van der Waals surface area (Å²) in [5.41, 5.74) is 10.2. The van der Waals surface area contributed by atoms with Gasteiger partial charge < -0.3 is 9.13 Å². The number of aryl methyl sites for hydroxylation is 2. The van der Waals surface area contributed by atoms with Gasteiger partial charge in [0.2, 0.25) is 0 Å². The molecule has 0 spiro atoms. The molecule has 2 heterocycles. The van der Waals surface area contributed by atoms with Crippen molar-refractivity contribution in [3.63, 3.8) is 0 Å². The van der Waals surface area contributed by atoms with Gasteiger partial charge in [-0.25, -0.2) is 0 Å². The third kappa shape index (κ3) is 5.58. The Bertz CT molecular complexity index is 3320. The normalized spacial score (nSPS) is 11.9. The monoisotopic (exact) mass is 757 g/mol. The summed E-state index contributed by atoms with van der Waals surface area (Å²) in [5.74, 6) is 0. The molecule has 0 N–H and O–H groups in total. The predicted molar refractivity (Wildman–Crippen MR) is 231 cm³/mol. The minimum atomic E-state index is -4.74. The Labute approximate surface area is 333 Å². The molecule has 278 valence electrons. The second kappa shape index (κ2) is 13.4. The number of rotatable bonds is 5. The van der Waals surface area contributed by atoms with Crippen LogP contribution in [0.2, 0.25) is 0 Å². The van der Waals surface area contributed by atoms with Crippen molar-refractivity contribution in [3.8, 4) is 50.8 Å². The summed E-state index contributed by atoms with van der Waals surface area (Å²) in [4.78, 5) is 0. The zero-order valence-corrected chi connectivity index (χ0v) is 31.6. The molecular weight excluding hydrogens is 724 g/mol. The van der Waals surface area contributed by atoms with Gasteiger partial charge in [0.05, 0.1) is 50.6 Å². The van der Waals surface area contributed by atoms with E-state index in [4.69, 9.17) is 0 Å². The quantitative estimate of drug-likeness (QED) is 0.172. The van der Waals surface area contributed by atoms with Crippen LogP contribution in [-0.4, -0.2) is 9.13 Å². The Balaban J connectivity index is 1.35. The van der Waals surface area contributed by atoms with Crippen LogP contribution in [0.25, 0.3) is 88.4 Å². The number of aromatic nitrogens is 2. The van der Waals surface area contributed by atoms with Gasteiger partial charge in [0.1, 0.15) is 0 Å². The van der Waals surface area contributed by atoms with Crippen molar-refractivity contribution in [2.24, 2.45) is 0 Å². The van der Waals surface area contributed by atoms with Gasteiger partial charge in [-0.2, -0.15) is 18.4 Å². The van der Waals surface area contributed by atoms with E-state index in [1.165, 1.54) is 6.07 Å². The van der Waals surface area contributed by atoms with Gasteiger partial charge in [-0.3, -0.25) is 0 Å². The lowest BCUT2D eigenvalue weighted by molar-refractivity contribution is -0.137. The average Bonchev–Trinajstić information content (AvgIpc) is 3.75. The molecule has 10 rings (SSSR count). The third-order valence-electron chi connectivity index (χ3n) is 11.5. The highest BCUT2D eigenvalue weighted by Crippen LogP contribution is 2.46. The molecule has 10 aromatic rings. The van der Waals surface area contributed by atoms with E-state index in [0.717, 1.165) is 66.0 Å². The van der Waals surface area contributed by atoms with E-state index in [-0.39, 0.29) is 5.69 Å². The van der Waals surface area contributed by atoms with Crippen LogP contribution in [0.15, 0.2) is 170 Å². The zero-order valence-electron chi connectivity index (χ0n) is 31.6. The number of fused-ring (bicyclic) bond motifs is 6. The molecule has 3 nitrogen and oxygen atoms in total. The largest absolute Gasteiger partial charge is 0.418 e. The van der Waals surface area contributed by atoms with E-state index < -0.39 is 11.7 Å². The standard InChI is InChI=1S/C52H34F3N3/c1-32-12-3-5-16-38(32)36-22-24-42-40-18-7-9-20-46(40)57(48(42)27-36)50-30-45(52(53,54)55)51(29-44(50)35-15-11-14-34(26-35)31-56)58-47-21-10-8-19-41(47)43-25-23-37(28-49(43)58)39-17-6-4-13-33(39)2/h3-30H,1-2H3. The molecule has 0 bridgehead atoms. The first kappa shape index (κ1) is 35.1. The fraction of sp³-hybridized carbons (Fsp3) is 0.0577. The SMILES string of the molecule is Cc1ccccc1-c1ccc2c3ccccc3n(-c3cc(C(F)(F)F)c(-n4c5ccccc5c5ccc(-c6ccccc6C)cc54)cc3-c3cccc(C#N)c3)c2c1. The number of para-hydroxylation sites is 2. The maximum absolute atomic E-state index is 16.0. The van der Waals surface area contributed by atoms with Crippen LogP contribution in [0.5, 0.6) is 0 Å². The molecule has 0 saturated heterocycles. The minimum absolute atomic E-state index is 0.00288. The Hall–Kier alpha value is -7.36. The van der Waals surface area contributed by atoms with E-state index in [2.05, 4.69) is 43.3 Å². The van der Waals surface area contributed by atoms with E-state index >= 15 is 13.2 Å². The Morgan fingerprint density at radius 3 is 1.45 bits per heavy atom. The summed E-state index contributed by atoms with van der Waals surface area (Å²) in [6.07, 6.45) is -4.74. The second-order valence-electron chi connectivity index (χ2n) is 14.9. The topological polar surface area (TPSA) is 33.6 Å². The maximum atomic E-state index is 16.0. The zero-order chi connectivity index (χ0) is 39.7. The fourth-order valence-corrected chi connectivity index (χ4v) is 8.75. The fourth-order valence-electron chi connectivity index (χ4n) is 8.75. The van der Waals surface area contributed by atoms with Gasteiger partial charge in [-0.05, 0) is 101 Å². The molecule has 0 amide bonds. The van der Waals surface area contributed by atoms with E-state index in [1.807, 2.05) is 121 Å². The van der Waals surface area contributed by atoms with E-state index in [1.54, 1.807) is 28.8 Å². The van der Waals surface area contributed by atoms with Crippen LogP contribution < -0.4 is 0 Å². The highest BCUT2D eigenvalue weighted by Gasteiger charge is 2.37. The second-order valence-corrected chi connectivity index (χ2v) is 14.9. The van der Waals surface area contributed by atoms with Crippen molar-refractivity contribution in [1.82, 2.24) is 9.13 Å². The first-order valence-corrected chi connectivity index (χ1v) is 19.1. The van der Waals surface area contributed by atoms with Crippen LogP contribution in [-0.2, 0) is 6.18 Å². The summed E-state index contributed by atoms with van der Waals surface area (Å²) in [5, 5.41) is 13.6. The van der Waals surface area contributed by atoms with Crippen molar-refractivity contribution in [2.75, 3.05) is 0 Å². The number of hydrogen-bond acceptors (Lipinski definition) is 1. The van der Waals surface area contributed by atoms with Crippen LogP contribution >= 0.6 is 0 Å². The van der Waals surface area contributed by atoms with Crippen LogP contribution in [0.3, 0.4) is 0 Å². The first-order valence-electron chi connectivity index (χ1n) is 19.1. The summed E-state index contributed by atoms with van der Waals surface area (Å²) in [6, 6.07) is 56.2. The minimum Gasteiger partial charge on any atom is -0.309 e. The van der Waals surface area contributed by atoms with Gasteiger partial charge in [-0.15, -0.1) is 0 Å². The summed E-state index contributed by atoms with van der Waals surface area (Å²) in [6.45, 7) is 4.10. The molecule has 58 heavy (non-hydrogen) atoms. The number of benzene rings is 8. The Morgan fingerprint density at radius 2 is 0.914 bits per heavy atom. The van der Waals surface area contributed by atoms with E-state index in [0.29, 0.717) is 33.4 Å². The molecule has 2 aromatic heterocycles. The van der Waals surface area contributed by atoms with E-state index in [9.17, 15) is 5.26 Å². The smallest absolute Gasteiger partial charge is 0.309 e. The molecule has 0 saturated carbocycles. The van der Waals surface area contributed by atoms with Gasteiger partial charge >= 0.3 is 6.18 Å². The predicted octanol–water partition coefficient (Wildman–Crippen LogP) is 14.4. The Morgan fingerprint density at radius 1 is 0.431 bits per heavy atom. The lowest BCUT2D eigenvalue weighted by Crippen LogP contribution is -2.13. The molecule has 0 radical (unpaired) electrons. The molecule has 8 aromatic carbocycles.